The summed E-state index contributed by atoms with van der Waals surface area (Å²) in [6.07, 6.45) is 3.82. The maximum atomic E-state index is 11.7. The van der Waals surface area contributed by atoms with Crippen LogP contribution in [0.1, 0.15) is 24.0 Å². The molecule has 0 spiro atoms. The lowest BCUT2D eigenvalue weighted by Gasteiger charge is -2.33. The Balaban J connectivity index is 0.000000527. The van der Waals surface area contributed by atoms with Crippen molar-refractivity contribution in [2.75, 3.05) is 39.4 Å². The highest BCUT2D eigenvalue weighted by molar-refractivity contribution is 7.85. The van der Waals surface area contributed by atoms with E-state index < -0.39 is 16.2 Å². The van der Waals surface area contributed by atoms with E-state index in [1.54, 1.807) is 14.2 Å². The number of nitrogens with zero attached hydrogens (tertiary/aromatic N) is 1. The number of fused-ring (bicyclic) bond motifs is 7. The van der Waals surface area contributed by atoms with E-state index in [2.05, 4.69) is 28.4 Å². The number of nitrogens with one attached hydrogen (secondary N) is 1. The molecular weight excluding hydrogens is 472 g/mol. The molecule has 0 bridgehead atoms. The van der Waals surface area contributed by atoms with Crippen LogP contribution in [0.3, 0.4) is 0 Å². The maximum Gasteiger partial charge on any atom is 0.411 e. The SMILES string of the molecule is COC(=O)Nc1ccc2c3c(c4cc(OC)c(OC)cc4c2c1)CN1CCC[C@H]1C3.CS(=O)(=O)O. The van der Waals surface area contributed by atoms with Crippen molar-refractivity contribution in [1.29, 1.82) is 0 Å². The minimum absolute atomic E-state index is 0.475. The van der Waals surface area contributed by atoms with Crippen molar-refractivity contribution < 1.29 is 32.0 Å². The third-order valence-corrected chi connectivity index (χ3v) is 6.58. The fourth-order valence-corrected chi connectivity index (χ4v) is 5.14. The maximum absolute atomic E-state index is 11.7. The van der Waals surface area contributed by atoms with E-state index in [1.807, 2.05) is 12.1 Å². The van der Waals surface area contributed by atoms with Gasteiger partial charge in [0.15, 0.2) is 11.5 Å². The van der Waals surface area contributed by atoms with E-state index in [0.29, 0.717) is 23.7 Å². The summed E-state index contributed by atoms with van der Waals surface area (Å²) in [5.74, 6) is 1.44. The average molecular weight is 503 g/mol. The third-order valence-electron chi connectivity index (χ3n) is 6.58. The standard InChI is InChI=1S/C24H26N2O4.CH4O3S/c1-28-22-11-19-17-9-14(25-24(27)30-3)6-7-16(17)18-10-15-5-4-8-26(15)13-21(18)20(19)12-23(22)29-2;1-5(2,3)4/h6-7,9,11-12,15H,4-5,8,10,13H2,1-3H3,(H,25,27);1H3,(H,2,3,4)/t15-;/m0./s1. The quantitative estimate of drug-likeness (QED) is 0.404. The van der Waals surface area contributed by atoms with Gasteiger partial charge in [0.05, 0.1) is 27.6 Å². The smallest absolute Gasteiger partial charge is 0.411 e. The Morgan fingerprint density at radius 2 is 1.63 bits per heavy atom. The minimum atomic E-state index is -3.67. The van der Waals surface area contributed by atoms with Gasteiger partial charge in [-0.25, -0.2) is 4.79 Å². The second-order valence-corrected chi connectivity index (χ2v) is 10.3. The lowest BCUT2D eigenvalue weighted by molar-refractivity contribution is 0.187. The molecule has 0 unspecified atom stereocenters. The van der Waals surface area contributed by atoms with Crippen molar-refractivity contribution in [2.24, 2.45) is 0 Å². The van der Waals surface area contributed by atoms with Gasteiger partial charge in [-0.2, -0.15) is 8.42 Å². The molecule has 2 N–H and O–H groups in total. The van der Waals surface area contributed by atoms with Gasteiger partial charge in [-0.15, -0.1) is 0 Å². The summed E-state index contributed by atoms with van der Waals surface area (Å²) in [6, 6.07) is 10.9. The van der Waals surface area contributed by atoms with E-state index in [4.69, 9.17) is 18.8 Å². The molecule has 0 aromatic heterocycles. The second kappa shape index (κ2) is 9.88. The Labute approximate surface area is 204 Å². The molecule has 1 atom stereocenters. The lowest BCUT2D eigenvalue weighted by Crippen LogP contribution is -2.35. The molecule has 10 heteroatoms. The first-order valence-corrected chi connectivity index (χ1v) is 13.1. The number of hydrogen-bond acceptors (Lipinski definition) is 7. The lowest BCUT2D eigenvalue weighted by atomic mass is 9.85. The summed E-state index contributed by atoms with van der Waals surface area (Å²) >= 11 is 0. The van der Waals surface area contributed by atoms with Crippen molar-refractivity contribution in [3.05, 3.63) is 41.5 Å². The Hall–Kier alpha value is -3.08. The summed E-state index contributed by atoms with van der Waals surface area (Å²) in [7, 11) is 1.03. The molecule has 1 fully saturated rings. The third kappa shape index (κ3) is 5.29. The number of rotatable bonds is 3. The van der Waals surface area contributed by atoms with Crippen LogP contribution < -0.4 is 14.8 Å². The summed E-state index contributed by atoms with van der Waals surface area (Å²) < 4.78 is 41.8. The molecule has 0 aliphatic carbocycles. The average Bonchev–Trinajstić information content (AvgIpc) is 3.28. The predicted molar refractivity (Wildman–Crippen MR) is 135 cm³/mol. The number of ether oxygens (including phenoxy) is 3. The molecule has 188 valence electrons. The number of methoxy groups -OCH3 is 3. The normalized spacial score (nSPS) is 17.2. The Bertz CT molecular complexity index is 1380. The fraction of sp³-hybridized carbons (Fsp3) is 0.400. The number of hydrogen-bond donors (Lipinski definition) is 2. The van der Waals surface area contributed by atoms with Gasteiger partial charge in [-0.05, 0) is 82.7 Å². The number of amides is 1. The molecule has 1 amide bonds. The molecule has 9 nitrogen and oxygen atoms in total. The monoisotopic (exact) mass is 502 g/mol. The van der Waals surface area contributed by atoms with E-state index in [-0.39, 0.29) is 0 Å². The number of carbonyl (C=O) groups excluding carboxylic acids is 1. The Morgan fingerprint density at radius 3 is 2.26 bits per heavy atom. The first-order valence-electron chi connectivity index (χ1n) is 11.3. The van der Waals surface area contributed by atoms with Gasteiger partial charge in [-0.1, -0.05) is 6.07 Å². The van der Waals surface area contributed by atoms with Crippen LogP contribution in [0.4, 0.5) is 10.5 Å². The molecule has 0 radical (unpaired) electrons. The molecule has 2 aliphatic heterocycles. The predicted octanol–water partition coefficient (Wildman–Crippen LogP) is 4.21. The van der Waals surface area contributed by atoms with Crippen molar-refractivity contribution >= 4 is 43.4 Å². The fourth-order valence-electron chi connectivity index (χ4n) is 5.14. The van der Waals surface area contributed by atoms with Crippen molar-refractivity contribution in [2.45, 2.75) is 31.8 Å². The molecular formula is C25H30N2O7S. The van der Waals surface area contributed by atoms with Gasteiger partial charge in [0.2, 0.25) is 0 Å². The van der Waals surface area contributed by atoms with Crippen LogP contribution >= 0.6 is 0 Å². The first kappa shape index (κ1) is 25.0. The van der Waals surface area contributed by atoms with Gasteiger partial charge in [0.25, 0.3) is 10.1 Å². The highest BCUT2D eigenvalue weighted by Gasteiger charge is 2.32. The summed E-state index contributed by atoms with van der Waals surface area (Å²) in [5, 5.41) is 7.43. The zero-order chi connectivity index (χ0) is 25.3. The Kier molecular flexibility index (Phi) is 7.07. The van der Waals surface area contributed by atoms with Crippen LogP contribution in [0.5, 0.6) is 11.5 Å². The summed E-state index contributed by atoms with van der Waals surface area (Å²) in [5.41, 5.74) is 3.51. The summed E-state index contributed by atoms with van der Waals surface area (Å²) in [4.78, 5) is 14.4. The molecule has 1 saturated heterocycles. The number of anilines is 1. The van der Waals surface area contributed by atoms with Crippen LogP contribution in [0.25, 0.3) is 21.5 Å². The van der Waals surface area contributed by atoms with Gasteiger partial charge in [-0.3, -0.25) is 14.8 Å². The molecule has 3 aromatic rings. The van der Waals surface area contributed by atoms with E-state index >= 15 is 0 Å². The molecule has 0 saturated carbocycles. The summed E-state index contributed by atoms with van der Waals surface area (Å²) in [6.45, 7) is 2.13. The second-order valence-electron chi connectivity index (χ2n) is 8.79. The highest BCUT2D eigenvalue weighted by Crippen LogP contribution is 2.44. The Morgan fingerprint density at radius 1 is 1.00 bits per heavy atom. The molecule has 3 aromatic carbocycles. The van der Waals surface area contributed by atoms with Crippen LogP contribution in [-0.4, -0.2) is 64.1 Å². The topological polar surface area (TPSA) is 114 Å². The van der Waals surface area contributed by atoms with Crippen LogP contribution in [-0.2, 0) is 27.8 Å². The highest BCUT2D eigenvalue weighted by atomic mass is 32.2. The zero-order valence-corrected chi connectivity index (χ0v) is 21.1. The van der Waals surface area contributed by atoms with Gasteiger partial charge >= 0.3 is 6.09 Å². The van der Waals surface area contributed by atoms with Crippen molar-refractivity contribution in [3.63, 3.8) is 0 Å². The molecule has 35 heavy (non-hydrogen) atoms. The van der Waals surface area contributed by atoms with E-state index in [1.165, 1.54) is 48.4 Å². The molecule has 5 rings (SSSR count). The van der Waals surface area contributed by atoms with Gasteiger partial charge in [0.1, 0.15) is 0 Å². The zero-order valence-electron chi connectivity index (χ0n) is 20.3. The van der Waals surface area contributed by atoms with Crippen LogP contribution in [0.15, 0.2) is 30.3 Å². The largest absolute Gasteiger partial charge is 0.493 e. The van der Waals surface area contributed by atoms with Crippen LogP contribution in [0.2, 0.25) is 0 Å². The molecule has 2 heterocycles. The number of benzene rings is 3. The van der Waals surface area contributed by atoms with Crippen molar-refractivity contribution in [3.8, 4) is 11.5 Å². The van der Waals surface area contributed by atoms with Gasteiger partial charge < -0.3 is 14.2 Å². The van der Waals surface area contributed by atoms with Gasteiger partial charge in [0, 0.05) is 18.3 Å². The first-order chi connectivity index (χ1) is 16.6. The van der Waals surface area contributed by atoms with Crippen molar-refractivity contribution in [1.82, 2.24) is 4.90 Å². The minimum Gasteiger partial charge on any atom is -0.493 e. The number of carbonyl (C=O) groups is 1. The molecule has 2 aliphatic rings. The van der Waals surface area contributed by atoms with E-state index in [0.717, 1.165) is 29.5 Å². The van der Waals surface area contributed by atoms with E-state index in [9.17, 15) is 13.2 Å². The van der Waals surface area contributed by atoms with Crippen LogP contribution in [0, 0.1) is 0 Å².